The fourth-order valence-electron chi connectivity index (χ4n) is 1.90. The van der Waals surface area contributed by atoms with Crippen LogP contribution in [0, 0.1) is 0 Å². The van der Waals surface area contributed by atoms with E-state index in [9.17, 15) is 9.59 Å². The SMILES string of the molecule is CC(=O)NC1=NC(=O)C(=Cc2ccc3ncccc3n2)N1. The first kappa shape index (κ1) is 12.9. The third kappa shape index (κ3) is 2.76. The lowest BCUT2D eigenvalue weighted by Crippen LogP contribution is -2.36. The first-order chi connectivity index (χ1) is 10.1. The summed E-state index contributed by atoms with van der Waals surface area (Å²) in [5.41, 5.74) is 2.38. The summed E-state index contributed by atoms with van der Waals surface area (Å²) in [7, 11) is 0. The zero-order chi connectivity index (χ0) is 14.8. The highest BCUT2D eigenvalue weighted by atomic mass is 16.2. The summed E-state index contributed by atoms with van der Waals surface area (Å²) in [6.07, 6.45) is 3.27. The van der Waals surface area contributed by atoms with Gasteiger partial charge in [-0.2, -0.15) is 4.99 Å². The number of hydrogen-bond donors (Lipinski definition) is 2. The van der Waals surface area contributed by atoms with E-state index in [1.807, 2.05) is 12.1 Å². The Hall–Kier alpha value is -3.09. The molecular weight excluding hydrogens is 270 g/mol. The summed E-state index contributed by atoms with van der Waals surface area (Å²) in [6, 6.07) is 7.22. The number of pyridine rings is 2. The summed E-state index contributed by atoms with van der Waals surface area (Å²) >= 11 is 0. The van der Waals surface area contributed by atoms with E-state index in [4.69, 9.17) is 0 Å². The summed E-state index contributed by atoms with van der Waals surface area (Å²) < 4.78 is 0. The summed E-state index contributed by atoms with van der Waals surface area (Å²) in [6.45, 7) is 1.34. The van der Waals surface area contributed by atoms with Crippen LogP contribution in [-0.4, -0.2) is 27.7 Å². The van der Waals surface area contributed by atoms with Gasteiger partial charge >= 0.3 is 0 Å². The molecule has 0 aliphatic carbocycles. The fraction of sp³-hybridized carbons (Fsp3) is 0.0714. The van der Waals surface area contributed by atoms with Crippen molar-refractivity contribution in [3.63, 3.8) is 0 Å². The summed E-state index contributed by atoms with van der Waals surface area (Å²) in [5, 5.41) is 5.17. The van der Waals surface area contributed by atoms with Gasteiger partial charge in [0.1, 0.15) is 5.70 Å². The predicted octanol–water partition coefficient (Wildman–Crippen LogP) is 0.593. The summed E-state index contributed by atoms with van der Waals surface area (Å²) in [4.78, 5) is 34.9. The normalized spacial score (nSPS) is 16.0. The number of carbonyl (C=O) groups excluding carboxylic acids is 2. The Morgan fingerprint density at radius 3 is 2.95 bits per heavy atom. The van der Waals surface area contributed by atoms with Gasteiger partial charge in [-0.1, -0.05) is 0 Å². The van der Waals surface area contributed by atoms with Crippen molar-refractivity contribution in [2.75, 3.05) is 0 Å². The van der Waals surface area contributed by atoms with Crippen molar-refractivity contribution < 1.29 is 9.59 Å². The molecule has 0 aromatic carbocycles. The molecule has 0 spiro atoms. The molecule has 3 rings (SSSR count). The van der Waals surface area contributed by atoms with Crippen molar-refractivity contribution in [1.29, 1.82) is 0 Å². The van der Waals surface area contributed by atoms with Gasteiger partial charge in [0.2, 0.25) is 11.9 Å². The van der Waals surface area contributed by atoms with Crippen molar-refractivity contribution in [2.24, 2.45) is 4.99 Å². The van der Waals surface area contributed by atoms with Gasteiger partial charge in [0.05, 0.1) is 16.7 Å². The average Bonchev–Trinajstić information content (AvgIpc) is 2.77. The van der Waals surface area contributed by atoms with Crippen molar-refractivity contribution in [2.45, 2.75) is 6.92 Å². The van der Waals surface area contributed by atoms with Crippen LogP contribution in [0.25, 0.3) is 17.1 Å². The molecule has 2 N–H and O–H groups in total. The average molecular weight is 281 g/mol. The monoisotopic (exact) mass is 281 g/mol. The molecule has 104 valence electrons. The number of hydrogen-bond acceptors (Lipinski definition) is 5. The molecule has 1 aliphatic heterocycles. The quantitative estimate of drug-likeness (QED) is 0.746. The second-order valence-corrected chi connectivity index (χ2v) is 4.41. The number of nitrogens with one attached hydrogen (secondary N) is 2. The Morgan fingerprint density at radius 2 is 2.14 bits per heavy atom. The molecule has 3 heterocycles. The van der Waals surface area contributed by atoms with Crippen LogP contribution < -0.4 is 10.6 Å². The number of carbonyl (C=O) groups is 2. The molecule has 0 radical (unpaired) electrons. The number of guanidine groups is 1. The molecule has 2 aromatic heterocycles. The Balaban J connectivity index is 1.87. The van der Waals surface area contributed by atoms with E-state index in [-0.39, 0.29) is 17.6 Å². The molecule has 0 unspecified atom stereocenters. The molecule has 0 atom stereocenters. The van der Waals surface area contributed by atoms with E-state index < -0.39 is 5.91 Å². The number of amides is 2. The molecular formula is C14H11N5O2. The van der Waals surface area contributed by atoms with Crippen molar-refractivity contribution in [1.82, 2.24) is 20.6 Å². The van der Waals surface area contributed by atoms with Gasteiger partial charge in [0.25, 0.3) is 5.91 Å². The highest BCUT2D eigenvalue weighted by molar-refractivity contribution is 6.15. The maximum Gasteiger partial charge on any atom is 0.296 e. The number of aromatic nitrogens is 2. The van der Waals surface area contributed by atoms with Crippen LogP contribution in [0.5, 0.6) is 0 Å². The minimum absolute atomic E-state index is 0.126. The minimum atomic E-state index is -0.452. The van der Waals surface area contributed by atoms with E-state index in [1.165, 1.54) is 6.92 Å². The van der Waals surface area contributed by atoms with Gasteiger partial charge in [0, 0.05) is 13.1 Å². The number of aliphatic imine (C=N–C) groups is 1. The number of nitrogens with zero attached hydrogens (tertiary/aromatic N) is 3. The minimum Gasteiger partial charge on any atom is -0.321 e. The molecule has 0 fully saturated rings. The lowest BCUT2D eigenvalue weighted by atomic mass is 10.2. The van der Waals surface area contributed by atoms with Crippen molar-refractivity contribution in [3.8, 4) is 0 Å². The Kier molecular flexibility index (Phi) is 3.15. The topological polar surface area (TPSA) is 96.3 Å². The highest BCUT2D eigenvalue weighted by Gasteiger charge is 2.20. The van der Waals surface area contributed by atoms with E-state index in [2.05, 4.69) is 25.6 Å². The standard InChI is InChI=1S/C14H11N5O2/c1-8(20)16-14-18-12(13(21)19-14)7-9-4-5-10-11(17-9)3-2-6-15-10/h2-7H,1H3,(H2,16,18,19,20,21). The molecule has 1 aliphatic rings. The molecule has 2 amide bonds. The van der Waals surface area contributed by atoms with Gasteiger partial charge in [-0.3, -0.25) is 19.9 Å². The van der Waals surface area contributed by atoms with Gasteiger partial charge in [-0.05, 0) is 30.3 Å². The summed E-state index contributed by atoms with van der Waals surface area (Å²) in [5.74, 6) is -0.627. The van der Waals surface area contributed by atoms with Crippen LogP contribution in [0.1, 0.15) is 12.6 Å². The molecule has 7 nitrogen and oxygen atoms in total. The van der Waals surface area contributed by atoms with Crippen LogP contribution in [0.15, 0.2) is 41.2 Å². The van der Waals surface area contributed by atoms with Crippen LogP contribution in [0.3, 0.4) is 0 Å². The predicted molar refractivity (Wildman–Crippen MR) is 76.9 cm³/mol. The van der Waals surface area contributed by atoms with Crippen LogP contribution in [-0.2, 0) is 9.59 Å². The van der Waals surface area contributed by atoms with Crippen LogP contribution in [0.4, 0.5) is 0 Å². The van der Waals surface area contributed by atoms with Gasteiger partial charge < -0.3 is 5.32 Å². The molecule has 7 heteroatoms. The van der Waals surface area contributed by atoms with Crippen LogP contribution in [0.2, 0.25) is 0 Å². The van der Waals surface area contributed by atoms with Crippen molar-refractivity contribution in [3.05, 3.63) is 41.9 Å². The smallest absolute Gasteiger partial charge is 0.296 e. The third-order valence-electron chi connectivity index (χ3n) is 2.76. The van der Waals surface area contributed by atoms with Gasteiger partial charge in [0.15, 0.2) is 0 Å². The van der Waals surface area contributed by atoms with E-state index in [0.29, 0.717) is 5.69 Å². The van der Waals surface area contributed by atoms with Crippen molar-refractivity contribution >= 4 is 34.9 Å². The lowest BCUT2D eigenvalue weighted by molar-refractivity contribution is -0.117. The Morgan fingerprint density at radius 1 is 1.29 bits per heavy atom. The van der Waals surface area contributed by atoms with E-state index in [0.717, 1.165) is 11.0 Å². The zero-order valence-electron chi connectivity index (χ0n) is 11.1. The fourth-order valence-corrected chi connectivity index (χ4v) is 1.90. The second kappa shape index (κ2) is 5.12. The molecule has 0 saturated heterocycles. The van der Waals surface area contributed by atoms with E-state index >= 15 is 0 Å². The molecule has 2 aromatic rings. The number of fused-ring (bicyclic) bond motifs is 1. The van der Waals surface area contributed by atoms with Gasteiger partial charge in [-0.25, -0.2) is 4.98 Å². The molecule has 0 bridgehead atoms. The lowest BCUT2D eigenvalue weighted by Gasteiger charge is -2.02. The van der Waals surface area contributed by atoms with Gasteiger partial charge in [-0.15, -0.1) is 0 Å². The first-order valence-corrected chi connectivity index (χ1v) is 6.23. The molecule has 0 saturated carbocycles. The zero-order valence-corrected chi connectivity index (χ0v) is 11.1. The Labute approximate surface area is 119 Å². The first-order valence-electron chi connectivity index (χ1n) is 6.23. The van der Waals surface area contributed by atoms with E-state index in [1.54, 1.807) is 24.4 Å². The highest BCUT2D eigenvalue weighted by Crippen LogP contribution is 2.12. The molecule has 21 heavy (non-hydrogen) atoms. The second-order valence-electron chi connectivity index (χ2n) is 4.41. The maximum absolute atomic E-state index is 11.7. The largest absolute Gasteiger partial charge is 0.321 e. The Bertz CT molecular complexity index is 810. The van der Waals surface area contributed by atoms with Crippen LogP contribution >= 0.6 is 0 Å². The number of rotatable bonds is 1. The maximum atomic E-state index is 11.7. The third-order valence-corrected chi connectivity index (χ3v) is 2.76.